The van der Waals surface area contributed by atoms with Crippen LogP contribution < -0.4 is 5.32 Å². The van der Waals surface area contributed by atoms with Crippen molar-refractivity contribution in [3.63, 3.8) is 0 Å². The molecule has 4 heteroatoms. The Morgan fingerprint density at radius 2 is 2.45 bits per heavy atom. The van der Waals surface area contributed by atoms with Gasteiger partial charge in [0.25, 0.3) is 0 Å². The number of nitrogens with zero attached hydrogens (tertiary/aromatic N) is 2. The molecule has 0 saturated carbocycles. The molecule has 2 aliphatic heterocycles. The van der Waals surface area contributed by atoms with E-state index >= 15 is 0 Å². The van der Waals surface area contributed by atoms with Gasteiger partial charge in [-0.25, -0.2) is 0 Å². The lowest BCUT2D eigenvalue weighted by Gasteiger charge is -2.41. The van der Waals surface area contributed by atoms with Crippen LogP contribution in [0.3, 0.4) is 0 Å². The molecule has 1 saturated heterocycles. The molecule has 1 amide bonds. The summed E-state index contributed by atoms with van der Waals surface area (Å²) < 4.78 is 0. The molecule has 4 nitrogen and oxygen atoms in total. The van der Waals surface area contributed by atoms with Crippen LogP contribution in [0.2, 0.25) is 0 Å². The van der Waals surface area contributed by atoms with E-state index in [-0.39, 0.29) is 5.41 Å². The van der Waals surface area contributed by atoms with Crippen LogP contribution in [0, 0.1) is 5.41 Å². The lowest BCUT2D eigenvalue weighted by Crippen LogP contribution is -2.52. The molecule has 3 rings (SSSR count). The van der Waals surface area contributed by atoms with Gasteiger partial charge in [0.1, 0.15) is 0 Å². The molecule has 1 atom stereocenters. The van der Waals surface area contributed by atoms with Crippen LogP contribution in [0.25, 0.3) is 0 Å². The molecule has 1 N–H and O–H groups in total. The van der Waals surface area contributed by atoms with Crippen molar-refractivity contribution in [2.24, 2.45) is 5.41 Å². The summed E-state index contributed by atoms with van der Waals surface area (Å²) in [6, 6.07) is 4.06. The third kappa shape index (κ3) is 2.33. The first-order valence-corrected chi connectivity index (χ1v) is 7.68. The van der Waals surface area contributed by atoms with Crippen molar-refractivity contribution in [1.29, 1.82) is 0 Å². The molecule has 1 unspecified atom stereocenters. The first kappa shape index (κ1) is 13.6. The second kappa shape index (κ2) is 5.52. The predicted molar refractivity (Wildman–Crippen MR) is 78.2 cm³/mol. The smallest absolute Gasteiger partial charge is 0.230 e. The summed E-state index contributed by atoms with van der Waals surface area (Å²) in [6.45, 7) is 5.55. The summed E-state index contributed by atoms with van der Waals surface area (Å²) in [5.74, 6) is 0.335. The van der Waals surface area contributed by atoms with Gasteiger partial charge in [-0.1, -0.05) is 13.0 Å². The van der Waals surface area contributed by atoms with Crippen molar-refractivity contribution in [2.45, 2.75) is 39.2 Å². The highest BCUT2D eigenvalue weighted by Crippen LogP contribution is 2.33. The quantitative estimate of drug-likeness (QED) is 0.893. The number of pyridine rings is 1. The molecule has 20 heavy (non-hydrogen) atoms. The van der Waals surface area contributed by atoms with Crippen LogP contribution in [0.1, 0.15) is 37.4 Å². The Balaban J connectivity index is 1.78. The van der Waals surface area contributed by atoms with E-state index in [0.717, 1.165) is 57.6 Å². The van der Waals surface area contributed by atoms with Gasteiger partial charge in [-0.3, -0.25) is 9.78 Å². The molecule has 2 aliphatic rings. The van der Waals surface area contributed by atoms with Crippen LogP contribution in [0.4, 0.5) is 0 Å². The van der Waals surface area contributed by atoms with Crippen molar-refractivity contribution in [2.75, 3.05) is 19.6 Å². The molecule has 0 aromatic carbocycles. The van der Waals surface area contributed by atoms with Crippen molar-refractivity contribution < 1.29 is 4.79 Å². The van der Waals surface area contributed by atoms with Gasteiger partial charge in [0, 0.05) is 37.9 Å². The Labute approximate surface area is 120 Å². The second-order valence-corrected chi connectivity index (χ2v) is 6.00. The average molecular weight is 273 g/mol. The molecule has 3 heterocycles. The summed E-state index contributed by atoms with van der Waals surface area (Å²) in [5.41, 5.74) is 2.18. The van der Waals surface area contributed by atoms with Gasteiger partial charge in [-0.05, 0) is 37.4 Å². The Morgan fingerprint density at radius 1 is 1.55 bits per heavy atom. The number of amides is 1. The number of carbonyl (C=O) groups excluding carboxylic acids is 1. The van der Waals surface area contributed by atoms with E-state index in [9.17, 15) is 4.79 Å². The van der Waals surface area contributed by atoms with Crippen LogP contribution in [-0.4, -0.2) is 35.4 Å². The van der Waals surface area contributed by atoms with Gasteiger partial charge < -0.3 is 10.2 Å². The van der Waals surface area contributed by atoms with Crippen molar-refractivity contribution in [3.05, 3.63) is 29.6 Å². The normalized spacial score (nSPS) is 26.1. The molecular formula is C16H23N3O. The highest BCUT2D eigenvalue weighted by Gasteiger charge is 2.41. The van der Waals surface area contributed by atoms with E-state index in [2.05, 4.69) is 23.3 Å². The standard InChI is InChI=1S/C16H23N3O/c1-2-16(7-4-8-17-12-16)15(20)19-10-6-14-13(11-19)5-3-9-18-14/h3,5,9,17H,2,4,6-8,10-12H2,1H3. The van der Waals surface area contributed by atoms with Gasteiger partial charge >= 0.3 is 0 Å². The molecule has 0 aliphatic carbocycles. The van der Waals surface area contributed by atoms with E-state index in [1.165, 1.54) is 5.56 Å². The average Bonchev–Trinajstić information content (AvgIpc) is 2.54. The van der Waals surface area contributed by atoms with Gasteiger partial charge in [-0.2, -0.15) is 0 Å². The van der Waals surface area contributed by atoms with E-state index in [4.69, 9.17) is 0 Å². The summed E-state index contributed by atoms with van der Waals surface area (Å²) in [5, 5.41) is 3.41. The number of hydrogen-bond donors (Lipinski definition) is 1. The minimum absolute atomic E-state index is 0.183. The van der Waals surface area contributed by atoms with E-state index < -0.39 is 0 Å². The third-order valence-electron chi connectivity index (χ3n) is 4.85. The number of aromatic nitrogens is 1. The van der Waals surface area contributed by atoms with Crippen LogP contribution in [0.5, 0.6) is 0 Å². The van der Waals surface area contributed by atoms with Gasteiger partial charge in [-0.15, -0.1) is 0 Å². The van der Waals surface area contributed by atoms with Gasteiger partial charge in [0.15, 0.2) is 0 Å². The molecular weight excluding hydrogens is 250 g/mol. The minimum atomic E-state index is -0.183. The van der Waals surface area contributed by atoms with Crippen molar-refractivity contribution in [1.82, 2.24) is 15.2 Å². The zero-order valence-electron chi connectivity index (χ0n) is 12.2. The number of piperidine rings is 1. The van der Waals surface area contributed by atoms with Crippen molar-refractivity contribution in [3.8, 4) is 0 Å². The number of fused-ring (bicyclic) bond motifs is 1. The molecule has 1 aromatic rings. The first-order valence-electron chi connectivity index (χ1n) is 7.68. The van der Waals surface area contributed by atoms with E-state index in [1.807, 2.05) is 17.2 Å². The lowest BCUT2D eigenvalue weighted by molar-refractivity contribution is -0.144. The fraction of sp³-hybridized carbons (Fsp3) is 0.625. The third-order valence-corrected chi connectivity index (χ3v) is 4.85. The monoisotopic (exact) mass is 273 g/mol. The van der Waals surface area contributed by atoms with Crippen LogP contribution in [-0.2, 0) is 17.8 Å². The Bertz CT molecular complexity index is 494. The highest BCUT2D eigenvalue weighted by atomic mass is 16.2. The number of nitrogens with one attached hydrogen (secondary N) is 1. The largest absolute Gasteiger partial charge is 0.337 e. The molecule has 108 valence electrons. The summed E-state index contributed by atoms with van der Waals surface area (Å²) in [6.07, 6.45) is 5.77. The Hall–Kier alpha value is -1.42. The zero-order chi connectivity index (χ0) is 14.0. The molecule has 0 spiro atoms. The topological polar surface area (TPSA) is 45.2 Å². The minimum Gasteiger partial charge on any atom is -0.337 e. The molecule has 1 fully saturated rings. The molecule has 0 radical (unpaired) electrons. The van der Waals surface area contributed by atoms with Crippen LogP contribution >= 0.6 is 0 Å². The van der Waals surface area contributed by atoms with E-state index in [1.54, 1.807) is 0 Å². The highest BCUT2D eigenvalue weighted by molar-refractivity contribution is 5.83. The maximum absolute atomic E-state index is 13.0. The maximum atomic E-state index is 13.0. The Kier molecular flexibility index (Phi) is 3.74. The predicted octanol–water partition coefficient (Wildman–Crippen LogP) is 1.75. The number of rotatable bonds is 2. The number of hydrogen-bond acceptors (Lipinski definition) is 3. The molecule has 0 bridgehead atoms. The SMILES string of the molecule is CCC1(C(=O)N2CCc3ncccc3C2)CCCNC1. The fourth-order valence-electron chi connectivity index (χ4n) is 3.48. The summed E-state index contributed by atoms with van der Waals surface area (Å²) in [7, 11) is 0. The first-order chi connectivity index (χ1) is 9.75. The fourth-order valence-corrected chi connectivity index (χ4v) is 3.48. The van der Waals surface area contributed by atoms with Gasteiger partial charge in [0.05, 0.1) is 5.41 Å². The zero-order valence-corrected chi connectivity index (χ0v) is 12.2. The second-order valence-electron chi connectivity index (χ2n) is 6.00. The van der Waals surface area contributed by atoms with E-state index in [0.29, 0.717) is 5.91 Å². The number of carbonyl (C=O) groups is 1. The molecule has 1 aromatic heterocycles. The van der Waals surface area contributed by atoms with Crippen molar-refractivity contribution >= 4 is 5.91 Å². The Morgan fingerprint density at radius 3 is 3.20 bits per heavy atom. The van der Waals surface area contributed by atoms with Crippen LogP contribution in [0.15, 0.2) is 18.3 Å². The van der Waals surface area contributed by atoms with Gasteiger partial charge in [0.2, 0.25) is 5.91 Å². The summed E-state index contributed by atoms with van der Waals surface area (Å²) in [4.78, 5) is 19.4. The summed E-state index contributed by atoms with van der Waals surface area (Å²) >= 11 is 0. The maximum Gasteiger partial charge on any atom is 0.230 e. The lowest BCUT2D eigenvalue weighted by atomic mass is 9.76.